The largest absolute Gasteiger partial charge is 0.497 e. The minimum absolute atomic E-state index is 0.0625. The molecule has 0 fully saturated rings. The Hall–Kier alpha value is -1.57. The number of ether oxygens (including phenoxy) is 1. The average molecular weight is 312 g/mol. The van der Waals surface area contributed by atoms with Gasteiger partial charge in [0.1, 0.15) is 10.6 Å². The molecule has 5 nitrogen and oxygen atoms in total. The van der Waals surface area contributed by atoms with Crippen molar-refractivity contribution >= 4 is 27.0 Å². The van der Waals surface area contributed by atoms with E-state index in [-0.39, 0.29) is 17.1 Å². The Morgan fingerprint density at radius 2 is 2.10 bits per heavy atom. The van der Waals surface area contributed by atoms with Gasteiger partial charge in [-0.3, -0.25) is 0 Å². The summed E-state index contributed by atoms with van der Waals surface area (Å²) in [6.07, 6.45) is 0. The number of anilines is 1. The van der Waals surface area contributed by atoms with Crippen LogP contribution < -0.4 is 15.2 Å². The molecule has 0 aliphatic heterocycles. The molecule has 2 rings (SSSR count). The Morgan fingerprint density at radius 1 is 1.35 bits per heavy atom. The Bertz CT molecular complexity index is 708. The molecule has 20 heavy (non-hydrogen) atoms. The summed E-state index contributed by atoms with van der Waals surface area (Å²) in [6.45, 7) is 2.21. The first-order valence-corrected chi connectivity index (χ1v) is 8.26. The zero-order valence-corrected chi connectivity index (χ0v) is 12.8. The molecule has 0 bridgehead atoms. The number of nitrogens with two attached hydrogens (primary N) is 1. The molecule has 2 aromatic rings. The third kappa shape index (κ3) is 3.12. The van der Waals surface area contributed by atoms with E-state index in [9.17, 15) is 8.42 Å². The van der Waals surface area contributed by atoms with E-state index < -0.39 is 10.0 Å². The summed E-state index contributed by atoms with van der Waals surface area (Å²) in [4.78, 5) is 1.05. The summed E-state index contributed by atoms with van der Waals surface area (Å²) < 4.78 is 32.0. The van der Waals surface area contributed by atoms with E-state index in [1.807, 2.05) is 18.4 Å². The highest BCUT2D eigenvalue weighted by Gasteiger charge is 2.18. The summed E-state index contributed by atoms with van der Waals surface area (Å²) in [7, 11) is -2.13. The lowest BCUT2D eigenvalue weighted by Crippen LogP contribution is -2.24. The monoisotopic (exact) mass is 312 g/mol. The fourth-order valence-corrected chi connectivity index (χ4v) is 3.77. The molecule has 3 N–H and O–H groups in total. The number of benzene rings is 1. The standard InChI is InChI=1S/C13H16N2O3S2/c1-9-5-6-19-12(9)8-15-20(16,17)13-4-3-10(18-2)7-11(13)14/h3-7,15H,8,14H2,1-2H3. The van der Waals surface area contributed by atoms with Gasteiger partial charge in [0.25, 0.3) is 0 Å². The van der Waals surface area contributed by atoms with Gasteiger partial charge in [-0.05, 0) is 36.1 Å². The summed E-state index contributed by atoms with van der Waals surface area (Å²) in [5.74, 6) is 0.524. The number of nitrogens with one attached hydrogen (secondary N) is 1. The van der Waals surface area contributed by atoms with Gasteiger partial charge in [0, 0.05) is 17.5 Å². The number of thiophene rings is 1. The Kier molecular flexibility index (Phi) is 4.32. The minimum Gasteiger partial charge on any atom is -0.497 e. The maximum atomic E-state index is 12.2. The topological polar surface area (TPSA) is 81.4 Å². The van der Waals surface area contributed by atoms with Crippen LogP contribution in [0.5, 0.6) is 5.75 Å². The van der Waals surface area contributed by atoms with E-state index in [2.05, 4.69) is 4.72 Å². The Balaban J connectivity index is 2.20. The Morgan fingerprint density at radius 3 is 2.65 bits per heavy atom. The maximum Gasteiger partial charge on any atom is 0.242 e. The molecule has 0 spiro atoms. The van der Waals surface area contributed by atoms with E-state index in [0.29, 0.717) is 5.75 Å². The van der Waals surface area contributed by atoms with Crippen LogP contribution in [-0.4, -0.2) is 15.5 Å². The zero-order chi connectivity index (χ0) is 14.8. The van der Waals surface area contributed by atoms with Gasteiger partial charge in [0.05, 0.1) is 12.8 Å². The number of methoxy groups -OCH3 is 1. The van der Waals surface area contributed by atoms with E-state index in [1.54, 1.807) is 6.07 Å². The first-order chi connectivity index (χ1) is 9.44. The zero-order valence-electron chi connectivity index (χ0n) is 11.2. The van der Waals surface area contributed by atoms with Crippen LogP contribution in [0.1, 0.15) is 10.4 Å². The molecule has 108 valence electrons. The summed E-state index contributed by atoms with van der Waals surface area (Å²) >= 11 is 1.52. The molecule has 0 saturated heterocycles. The normalized spacial score (nSPS) is 11.5. The van der Waals surface area contributed by atoms with Crippen molar-refractivity contribution in [1.29, 1.82) is 0 Å². The van der Waals surface area contributed by atoms with Crippen molar-refractivity contribution in [2.75, 3.05) is 12.8 Å². The number of nitrogen functional groups attached to an aromatic ring is 1. The average Bonchev–Trinajstić information content (AvgIpc) is 2.81. The molecule has 0 amide bonds. The number of hydrogen-bond acceptors (Lipinski definition) is 5. The van der Waals surface area contributed by atoms with E-state index in [0.717, 1.165) is 10.4 Å². The summed E-state index contributed by atoms with van der Waals surface area (Å²) in [5, 5.41) is 1.93. The van der Waals surface area contributed by atoms with Crippen LogP contribution in [-0.2, 0) is 16.6 Å². The van der Waals surface area contributed by atoms with Gasteiger partial charge < -0.3 is 10.5 Å². The predicted molar refractivity (Wildman–Crippen MR) is 80.5 cm³/mol. The fraction of sp³-hybridized carbons (Fsp3) is 0.231. The second-order valence-electron chi connectivity index (χ2n) is 4.26. The number of aryl methyl sites for hydroxylation is 1. The van der Waals surface area contributed by atoms with E-state index >= 15 is 0 Å². The second kappa shape index (κ2) is 5.82. The van der Waals surface area contributed by atoms with Crippen molar-refractivity contribution in [2.24, 2.45) is 0 Å². The van der Waals surface area contributed by atoms with Gasteiger partial charge in [-0.2, -0.15) is 0 Å². The minimum atomic E-state index is -3.63. The molecule has 0 atom stereocenters. The van der Waals surface area contributed by atoms with Gasteiger partial charge in [-0.1, -0.05) is 0 Å². The number of sulfonamides is 1. The van der Waals surface area contributed by atoms with E-state index in [4.69, 9.17) is 10.5 Å². The first kappa shape index (κ1) is 14.8. The molecule has 7 heteroatoms. The SMILES string of the molecule is COc1ccc(S(=O)(=O)NCc2sccc2C)c(N)c1. The fourth-order valence-electron chi connectivity index (χ4n) is 1.72. The van der Waals surface area contributed by atoms with Crippen LogP contribution in [0.2, 0.25) is 0 Å². The van der Waals surface area contributed by atoms with Crippen molar-refractivity contribution in [3.63, 3.8) is 0 Å². The third-order valence-electron chi connectivity index (χ3n) is 2.90. The molecule has 0 saturated carbocycles. The smallest absolute Gasteiger partial charge is 0.242 e. The van der Waals surface area contributed by atoms with Gasteiger partial charge in [0.15, 0.2) is 0 Å². The van der Waals surface area contributed by atoms with Crippen LogP contribution in [0.25, 0.3) is 0 Å². The van der Waals surface area contributed by atoms with Crippen LogP contribution in [0.15, 0.2) is 34.5 Å². The molecular weight excluding hydrogens is 296 g/mol. The molecule has 1 aromatic heterocycles. The van der Waals surface area contributed by atoms with Gasteiger partial charge in [-0.15, -0.1) is 11.3 Å². The van der Waals surface area contributed by atoms with Crippen molar-refractivity contribution in [3.05, 3.63) is 40.1 Å². The second-order valence-corrected chi connectivity index (χ2v) is 6.99. The van der Waals surface area contributed by atoms with Crippen molar-refractivity contribution in [1.82, 2.24) is 4.72 Å². The summed E-state index contributed by atoms with van der Waals surface area (Å²) in [5.41, 5.74) is 7.00. The van der Waals surface area contributed by atoms with Crippen LogP contribution in [0.4, 0.5) is 5.69 Å². The quantitative estimate of drug-likeness (QED) is 0.829. The van der Waals surface area contributed by atoms with Crippen LogP contribution >= 0.6 is 11.3 Å². The van der Waals surface area contributed by atoms with Crippen molar-refractivity contribution in [3.8, 4) is 5.75 Å². The molecule has 0 aliphatic carbocycles. The summed E-state index contributed by atoms with van der Waals surface area (Å²) in [6, 6.07) is 6.46. The van der Waals surface area contributed by atoms with Gasteiger partial charge >= 0.3 is 0 Å². The van der Waals surface area contributed by atoms with Crippen molar-refractivity contribution in [2.45, 2.75) is 18.4 Å². The highest BCUT2D eigenvalue weighted by Crippen LogP contribution is 2.24. The molecule has 1 heterocycles. The van der Waals surface area contributed by atoms with E-state index in [1.165, 1.54) is 30.6 Å². The lowest BCUT2D eigenvalue weighted by atomic mass is 10.3. The van der Waals surface area contributed by atoms with Crippen molar-refractivity contribution < 1.29 is 13.2 Å². The Labute approximate surface area is 122 Å². The molecule has 1 aromatic carbocycles. The highest BCUT2D eigenvalue weighted by atomic mass is 32.2. The lowest BCUT2D eigenvalue weighted by molar-refractivity contribution is 0.414. The van der Waals surface area contributed by atoms with Gasteiger partial charge in [0.2, 0.25) is 10.0 Å². The molecule has 0 aliphatic rings. The number of hydrogen-bond donors (Lipinski definition) is 2. The van der Waals surface area contributed by atoms with Crippen LogP contribution in [0, 0.1) is 6.92 Å². The lowest BCUT2D eigenvalue weighted by Gasteiger charge is -2.10. The molecule has 0 unspecified atom stereocenters. The van der Waals surface area contributed by atoms with Gasteiger partial charge in [-0.25, -0.2) is 13.1 Å². The first-order valence-electron chi connectivity index (χ1n) is 5.90. The maximum absolute atomic E-state index is 12.2. The predicted octanol–water partition coefficient (Wildman–Crippen LogP) is 2.13. The number of rotatable bonds is 5. The molecule has 0 radical (unpaired) electrons. The molecular formula is C13H16N2O3S2. The third-order valence-corrected chi connectivity index (χ3v) is 5.40. The highest BCUT2D eigenvalue weighted by molar-refractivity contribution is 7.89. The van der Waals surface area contributed by atoms with Crippen LogP contribution in [0.3, 0.4) is 0 Å².